The minimum atomic E-state index is -1.45. The Labute approximate surface area is 77.7 Å². The van der Waals surface area contributed by atoms with Gasteiger partial charge in [-0.25, -0.2) is 0 Å². The molecule has 0 aromatic carbocycles. The molecule has 0 unspecified atom stereocenters. The lowest BCUT2D eigenvalue weighted by molar-refractivity contribution is -0.276. The summed E-state index contributed by atoms with van der Waals surface area (Å²) < 4.78 is 4.78. The molecule has 1 fully saturated rings. The van der Waals surface area contributed by atoms with E-state index in [-0.39, 0.29) is 5.33 Å². The predicted molar refractivity (Wildman–Crippen MR) is 42.7 cm³/mol. The molecule has 12 heavy (non-hydrogen) atoms. The average Bonchev–Trinajstić information content (AvgIpc) is 2.08. The Hall–Kier alpha value is 0.280. The van der Waals surface area contributed by atoms with Crippen molar-refractivity contribution in [3.05, 3.63) is 0 Å². The molecule has 0 aromatic heterocycles. The van der Waals surface area contributed by atoms with Crippen LogP contribution in [0.1, 0.15) is 0 Å². The quantitative estimate of drug-likeness (QED) is 0.407. The Morgan fingerprint density at radius 1 is 1.00 bits per heavy atom. The summed E-state index contributed by atoms with van der Waals surface area (Å²) in [6.45, 7) is 0. The number of aliphatic hydroxyl groups is 4. The Kier molecular flexibility index (Phi) is 3.45. The summed E-state index contributed by atoms with van der Waals surface area (Å²) >= 11 is 3.04. The van der Waals surface area contributed by atoms with Gasteiger partial charge in [0.1, 0.15) is 18.3 Å². The summed E-state index contributed by atoms with van der Waals surface area (Å²) in [7, 11) is 0. The van der Waals surface area contributed by atoms with Gasteiger partial charge < -0.3 is 25.2 Å². The van der Waals surface area contributed by atoms with Crippen molar-refractivity contribution in [2.45, 2.75) is 30.7 Å². The van der Waals surface area contributed by atoms with Crippen LogP contribution < -0.4 is 0 Å². The van der Waals surface area contributed by atoms with Crippen LogP contribution in [-0.2, 0) is 4.74 Å². The van der Waals surface area contributed by atoms with Crippen molar-refractivity contribution in [3.8, 4) is 0 Å². The summed E-state index contributed by atoms with van der Waals surface area (Å²) in [4.78, 5) is 0. The molecule has 5 nitrogen and oxygen atoms in total. The molecule has 1 rings (SSSR count). The lowest BCUT2D eigenvalue weighted by Crippen LogP contribution is -2.57. The molecule has 6 heteroatoms. The Morgan fingerprint density at radius 2 is 1.58 bits per heavy atom. The van der Waals surface area contributed by atoms with Crippen molar-refractivity contribution in [1.82, 2.24) is 0 Å². The fourth-order valence-electron chi connectivity index (χ4n) is 1.06. The molecule has 0 amide bonds. The van der Waals surface area contributed by atoms with E-state index in [1.54, 1.807) is 0 Å². The zero-order valence-corrected chi connectivity index (χ0v) is 7.75. The average molecular weight is 243 g/mol. The molecule has 5 atom stereocenters. The molecule has 0 spiro atoms. The Balaban J connectivity index is 2.63. The highest BCUT2D eigenvalue weighted by Gasteiger charge is 2.42. The van der Waals surface area contributed by atoms with Gasteiger partial charge in [0.05, 0.1) is 6.10 Å². The number of halogens is 1. The zero-order valence-electron chi connectivity index (χ0n) is 6.17. The van der Waals surface area contributed by atoms with Gasteiger partial charge in [-0.3, -0.25) is 0 Å². The van der Waals surface area contributed by atoms with Crippen LogP contribution in [0, 0.1) is 0 Å². The maximum atomic E-state index is 9.25. The SMILES string of the molecule is O[C@@H]1[C@@H](O)[C@@H](O)O[C@H](CBr)[C@@H]1O. The summed E-state index contributed by atoms with van der Waals surface area (Å²) in [5.41, 5.74) is 0. The topological polar surface area (TPSA) is 90.2 Å². The smallest absolute Gasteiger partial charge is 0.183 e. The number of ether oxygens (including phenoxy) is 1. The van der Waals surface area contributed by atoms with E-state index in [0.717, 1.165) is 0 Å². The second-order valence-corrected chi connectivity index (χ2v) is 3.34. The van der Waals surface area contributed by atoms with Crippen molar-refractivity contribution in [2.24, 2.45) is 0 Å². The first-order valence-corrected chi connectivity index (χ1v) is 4.63. The molecule has 1 heterocycles. The van der Waals surface area contributed by atoms with Gasteiger partial charge in [0.15, 0.2) is 6.29 Å². The number of aliphatic hydroxyl groups excluding tert-OH is 4. The van der Waals surface area contributed by atoms with Gasteiger partial charge in [0.25, 0.3) is 0 Å². The largest absolute Gasteiger partial charge is 0.388 e. The maximum absolute atomic E-state index is 9.25. The molecule has 1 aliphatic rings. The van der Waals surface area contributed by atoms with Crippen LogP contribution >= 0.6 is 15.9 Å². The standard InChI is InChI=1S/C6H11BrO5/c7-1-2-3(8)4(9)5(10)6(11)12-2/h2-6,8-11H,1H2/t2-,3+,4+,5-,6+/m1/s1. The molecule has 0 radical (unpaired) electrons. The Bertz CT molecular complexity index is 150. The van der Waals surface area contributed by atoms with Crippen LogP contribution in [0.5, 0.6) is 0 Å². The third kappa shape index (κ3) is 1.78. The highest BCUT2D eigenvalue weighted by Crippen LogP contribution is 2.20. The number of alkyl halides is 1. The minimum Gasteiger partial charge on any atom is -0.388 e. The van der Waals surface area contributed by atoms with Crippen LogP contribution in [0.15, 0.2) is 0 Å². The van der Waals surface area contributed by atoms with E-state index in [9.17, 15) is 5.11 Å². The number of rotatable bonds is 1. The van der Waals surface area contributed by atoms with E-state index >= 15 is 0 Å². The highest BCUT2D eigenvalue weighted by atomic mass is 79.9. The van der Waals surface area contributed by atoms with Gasteiger partial charge in [-0.05, 0) is 0 Å². The molecule has 72 valence electrons. The van der Waals surface area contributed by atoms with Gasteiger partial charge in [0.2, 0.25) is 0 Å². The lowest BCUT2D eigenvalue weighted by atomic mass is 10.0. The fraction of sp³-hybridized carbons (Fsp3) is 1.00. The van der Waals surface area contributed by atoms with Gasteiger partial charge >= 0.3 is 0 Å². The first-order chi connectivity index (χ1) is 5.57. The van der Waals surface area contributed by atoms with Crippen molar-refractivity contribution < 1.29 is 25.2 Å². The van der Waals surface area contributed by atoms with E-state index in [4.69, 9.17) is 20.1 Å². The predicted octanol–water partition coefficient (Wildman–Crippen LogP) is -1.82. The van der Waals surface area contributed by atoms with Gasteiger partial charge in [-0.2, -0.15) is 0 Å². The minimum absolute atomic E-state index is 0.287. The summed E-state index contributed by atoms with van der Waals surface area (Å²) in [5, 5.41) is 36.7. The van der Waals surface area contributed by atoms with Crippen molar-refractivity contribution in [3.63, 3.8) is 0 Å². The summed E-state index contributed by atoms with van der Waals surface area (Å²) in [6.07, 6.45) is -6.13. The molecule has 0 aromatic rings. The molecule has 0 saturated carbocycles. The molecule has 0 bridgehead atoms. The maximum Gasteiger partial charge on any atom is 0.183 e. The molecule has 4 N–H and O–H groups in total. The van der Waals surface area contributed by atoms with Gasteiger partial charge in [-0.15, -0.1) is 0 Å². The van der Waals surface area contributed by atoms with E-state index in [0.29, 0.717) is 0 Å². The van der Waals surface area contributed by atoms with Crippen molar-refractivity contribution in [2.75, 3.05) is 5.33 Å². The van der Waals surface area contributed by atoms with Gasteiger partial charge in [-0.1, -0.05) is 15.9 Å². The van der Waals surface area contributed by atoms with Crippen LogP contribution in [0.2, 0.25) is 0 Å². The molecular weight excluding hydrogens is 232 g/mol. The van der Waals surface area contributed by atoms with Gasteiger partial charge in [0, 0.05) is 5.33 Å². The van der Waals surface area contributed by atoms with Crippen molar-refractivity contribution in [1.29, 1.82) is 0 Å². The van der Waals surface area contributed by atoms with Crippen LogP contribution in [-0.4, -0.2) is 56.5 Å². The number of hydrogen-bond donors (Lipinski definition) is 4. The van der Waals surface area contributed by atoms with Crippen LogP contribution in [0.3, 0.4) is 0 Å². The van der Waals surface area contributed by atoms with E-state index < -0.39 is 30.7 Å². The monoisotopic (exact) mass is 242 g/mol. The molecule has 1 aliphatic heterocycles. The third-order valence-corrected chi connectivity index (χ3v) is 2.48. The fourth-order valence-corrected chi connectivity index (χ4v) is 1.59. The molecular formula is C6H11BrO5. The first-order valence-electron chi connectivity index (χ1n) is 3.51. The summed E-state index contributed by atoms with van der Waals surface area (Å²) in [5.74, 6) is 0. The highest BCUT2D eigenvalue weighted by molar-refractivity contribution is 9.09. The summed E-state index contributed by atoms with van der Waals surface area (Å²) in [6, 6.07) is 0. The van der Waals surface area contributed by atoms with E-state index in [1.807, 2.05) is 0 Å². The van der Waals surface area contributed by atoms with Crippen molar-refractivity contribution >= 4 is 15.9 Å². The van der Waals surface area contributed by atoms with E-state index in [2.05, 4.69) is 15.9 Å². The van der Waals surface area contributed by atoms with Crippen LogP contribution in [0.4, 0.5) is 0 Å². The second kappa shape index (κ2) is 3.99. The first kappa shape index (κ1) is 10.4. The normalized spacial score (nSPS) is 49.2. The zero-order chi connectivity index (χ0) is 9.30. The molecule has 0 aliphatic carbocycles. The lowest BCUT2D eigenvalue weighted by Gasteiger charge is -2.37. The number of hydrogen-bond acceptors (Lipinski definition) is 5. The second-order valence-electron chi connectivity index (χ2n) is 2.69. The van der Waals surface area contributed by atoms with Crippen LogP contribution in [0.25, 0.3) is 0 Å². The Morgan fingerprint density at radius 3 is 2.08 bits per heavy atom. The third-order valence-electron chi connectivity index (χ3n) is 1.84. The van der Waals surface area contributed by atoms with E-state index in [1.165, 1.54) is 0 Å². The molecule has 1 saturated heterocycles.